The van der Waals surface area contributed by atoms with Crippen LogP contribution in [0.2, 0.25) is 0 Å². The second-order valence-electron chi connectivity index (χ2n) is 5.75. The van der Waals surface area contributed by atoms with Gasteiger partial charge < -0.3 is 27.9 Å². The molecule has 1 aromatic rings. The van der Waals surface area contributed by atoms with Gasteiger partial charge in [0.2, 0.25) is 0 Å². The smallest absolute Gasteiger partial charge is 0.250 e. The van der Waals surface area contributed by atoms with Crippen molar-refractivity contribution in [3.05, 3.63) is 23.8 Å². The van der Waals surface area contributed by atoms with E-state index < -0.39 is 5.91 Å². The molecule has 1 amide bonds. The highest BCUT2D eigenvalue weighted by Gasteiger charge is 2.21. The highest BCUT2D eigenvalue weighted by molar-refractivity contribution is 6.31. The standard InChI is InChI=1S/C16H24N6O/c17-8-11(9-18)22-15-7-10(5-6-12(15)16(20)23)21-14-4-2-1-3-13(14)19/h5-8,13-14,17,21H,1-4,9,18-19H2,(H2,20,23). The number of hydrogen-bond donors (Lipinski definition) is 5. The van der Waals surface area contributed by atoms with Gasteiger partial charge in [-0.15, -0.1) is 0 Å². The number of rotatable bonds is 6. The van der Waals surface area contributed by atoms with Gasteiger partial charge in [0.25, 0.3) is 5.91 Å². The molecule has 1 saturated carbocycles. The molecule has 1 fully saturated rings. The molecular weight excluding hydrogens is 292 g/mol. The maximum Gasteiger partial charge on any atom is 0.250 e. The highest BCUT2D eigenvalue weighted by atomic mass is 16.1. The average molecular weight is 316 g/mol. The van der Waals surface area contributed by atoms with Crippen molar-refractivity contribution in [2.45, 2.75) is 37.8 Å². The van der Waals surface area contributed by atoms with Crippen LogP contribution in [0.3, 0.4) is 0 Å². The van der Waals surface area contributed by atoms with E-state index in [4.69, 9.17) is 22.6 Å². The van der Waals surface area contributed by atoms with Gasteiger partial charge in [0.1, 0.15) is 0 Å². The minimum absolute atomic E-state index is 0.118. The summed E-state index contributed by atoms with van der Waals surface area (Å²) in [5.74, 6) is -0.564. The van der Waals surface area contributed by atoms with E-state index in [1.54, 1.807) is 18.2 Å². The molecule has 2 rings (SSSR count). The lowest BCUT2D eigenvalue weighted by Gasteiger charge is -2.30. The lowest BCUT2D eigenvalue weighted by atomic mass is 9.91. The second kappa shape index (κ2) is 7.85. The SMILES string of the molecule is N=CC(CN)=Nc1cc(NC2CCCCC2N)ccc1C(N)=O. The van der Waals surface area contributed by atoms with Gasteiger partial charge in [0, 0.05) is 30.5 Å². The number of anilines is 1. The van der Waals surface area contributed by atoms with E-state index in [1.165, 1.54) is 0 Å². The molecule has 0 heterocycles. The first kappa shape index (κ1) is 17.1. The van der Waals surface area contributed by atoms with Crippen LogP contribution in [0.25, 0.3) is 0 Å². The maximum absolute atomic E-state index is 11.6. The predicted octanol–water partition coefficient (Wildman–Crippen LogP) is 1.15. The van der Waals surface area contributed by atoms with Gasteiger partial charge in [0.05, 0.1) is 17.0 Å². The molecule has 8 N–H and O–H groups in total. The molecule has 0 spiro atoms. The Hall–Kier alpha value is -2.25. The summed E-state index contributed by atoms with van der Waals surface area (Å²) in [6.45, 7) is 0.118. The summed E-state index contributed by atoms with van der Waals surface area (Å²) in [6.07, 6.45) is 5.41. The number of nitrogens with zero attached hydrogens (tertiary/aromatic N) is 1. The van der Waals surface area contributed by atoms with Crippen LogP contribution in [-0.2, 0) is 0 Å². The quantitative estimate of drug-likeness (QED) is 0.501. The number of hydrogen-bond acceptors (Lipinski definition) is 6. The van der Waals surface area contributed by atoms with Gasteiger partial charge in [-0.3, -0.25) is 4.79 Å². The Morgan fingerprint density at radius 3 is 2.74 bits per heavy atom. The third-order valence-electron chi connectivity index (χ3n) is 4.07. The fourth-order valence-electron chi connectivity index (χ4n) is 2.77. The third kappa shape index (κ3) is 4.37. The number of carbonyl (C=O) groups excluding carboxylic acids is 1. The first-order chi connectivity index (χ1) is 11.0. The van der Waals surface area contributed by atoms with Crippen molar-refractivity contribution in [2.24, 2.45) is 22.2 Å². The molecule has 0 saturated heterocycles. The number of primary amides is 1. The number of carbonyl (C=O) groups is 1. The number of nitrogens with one attached hydrogen (secondary N) is 2. The van der Waals surface area contributed by atoms with Gasteiger partial charge in [-0.05, 0) is 31.0 Å². The Morgan fingerprint density at radius 2 is 2.13 bits per heavy atom. The highest BCUT2D eigenvalue weighted by Crippen LogP contribution is 2.27. The van der Waals surface area contributed by atoms with Crippen LogP contribution < -0.4 is 22.5 Å². The van der Waals surface area contributed by atoms with E-state index in [9.17, 15) is 4.79 Å². The average Bonchev–Trinajstić information content (AvgIpc) is 2.54. The van der Waals surface area contributed by atoms with Crippen molar-refractivity contribution in [1.29, 1.82) is 5.41 Å². The monoisotopic (exact) mass is 316 g/mol. The van der Waals surface area contributed by atoms with Gasteiger partial charge in [-0.2, -0.15) is 0 Å². The van der Waals surface area contributed by atoms with Crippen LogP contribution in [0.1, 0.15) is 36.0 Å². The molecule has 0 bridgehead atoms. The van der Waals surface area contributed by atoms with Gasteiger partial charge >= 0.3 is 0 Å². The summed E-state index contributed by atoms with van der Waals surface area (Å²) in [4.78, 5) is 15.8. The largest absolute Gasteiger partial charge is 0.381 e. The number of benzene rings is 1. The van der Waals surface area contributed by atoms with E-state index in [1.807, 2.05) is 0 Å². The fraction of sp³-hybridized carbons (Fsp3) is 0.438. The normalized spacial score (nSPS) is 21.7. The van der Waals surface area contributed by atoms with Gasteiger partial charge in [-0.1, -0.05) is 12.8 Å². The van der Waals surface area contributed by atoms with E-state index in [0.717, 1.165) is 37.6 Å². The Bertz CT molecular complexity index is 613. The summed E-state index contributed by atoms with van der Waals surface area (Å²) in [6, 6.07) is 5.51. The van der Waals surface area contributed by atoms with Crippen molar-refractivity contribution in [1.82, 2.24) is 0 Å². The maximum atomic E-state index is 11.6. The van der Waals surface area contributed by atoms with E-state index in [2.05, 4.69) is 10.3 Å². The topological polar surface area (TPSA) is 143 Å². The molecule has 0 aromatic heterocycles. The molecule has 1 aliphatic rings. The zero-order valence-electron chi connectivity index (χ0n) is 13.1. The Kier molecular flexibility index (Phi) is 5.84. The van der Waals surface area contributed by atoms with Crippen LogP contribution >= 0.6 is 0 Å². The molecule has 0 radical (unpaired) electrons. The molecule has 2 unspecified atom stereocenters. The third-order valence-corrected chi connectivity index (χ3v) is 4.07. The summed E-state index contributed by atoms with van der Waals surface area (Å²) in [7, 11) is 0. The molecular formula is C16H24N6O. The molecule has 7 heteroatoms. The van der Waals surface area contributed by atoms with Gasteiger partial charge in [-0.25, -0.2) is 4.99 Å². The molecule has 23 heavy (non-hydrogen) atoms. The Balaban J connectivity index is 2.30. The van der Waals surface area contributed by atoms with E-state index >= 15 is 0 Å². The van der Waals surface area contributed by atoms with E-state index in [-0.39, 0.29) is 18.6 Å². The number of aliphatic imine (C=N–C) groups is 1. The Labute approximate surface area is 135 Å². The van der Waals surface area contributed by atoms with Crippen LogP contribution in [0.5, 0.6) is 0 Å². The van der Waals surface area contributed by atoms with Crippen LogP contribution in [0.15, 0.2) is 23.2 Å². The van der Waals surface area contributed by atoms with Crippen molar-refractivity contribution < 1.29 is 4.79 Å². The molecule has 1 aliphatic carbocycles. The lowest BCUT2D eigenvalue weighted by Crippen LogP contribution is -2.42. The summed E-state index contributed by atoms with van der Waals surface area (Å²) in [5, 5.41) is 10.7. The molecule has 7 nitrogen and oxygen atoms in total. The minimum Gasteiger partial charge on any atom is -0.381 e. The first-order valence-electron chi connectivity index (χ1n) is 7.79. The molecule has 124 valence electrons. The van der Waals surface area contributed by atoms with Crippen LogP contribution in [0, 0.1) is 5.41 Å². The Morgan fingerprint density at radius 1 is 1.39 bits per heavy atom. The van der Waals surface area contributed by atoms with Gasteiger partial charge in [0.15, 0.2) is 0 Å². The van der Waals surface area contributed by atoms with Crippen LogP contribution in [-0.4, -0.2) is 36.5 Å². The number of amides is 1. The zero-order valence-corrected chi connectivity index (χ0v) is 13.1. The molecule has 1 aromatic carbocycles. The second-order valence-corrected chi connectivity index (χ2v) is 5.75. The lowest BCUT2D eigenvalue weighted by molar-refractivity contribution is 0.100. The van der Waals surface area contributed by atoms with Crippen molar-refractivity contribution in [2.75, 3.05) is 11.9 Å². The summed E-state index contributed by atoms with van der Waals surface area (Å²) >= 11 is 0. The summed E-state index contributed by atoms with van der Waals surface area (Å²) < 4.78 is 0. The zero-order chi connectivity index (χ0) is 16.8. The predicted molar refractivity (Wildman–Crippen MR) is 93.7 cm³/mol. The van der Waals surface area contributed by atoms with Crippen molar-refractivity contribution in [3.8, 4) is 0 Å². The van der Waals surface area contributed by atoms with Crippen molar-refractivity contribution in [3.63, 3.8) is 0 Å². The number of nitrogens with two attached hydrogens (primary N) is 3. The van der Waals surface area contributed by atoms with Crippen molar-refractivity contribution >= 4 is 29.2 Å². The first-order valence-corrected chi connectivity index (χ1v) is 7.79. The molecule has 2 atom stereocenters. The molecule has 0 aliphatic heterocycles. The minimum atomic E-state index is -0.564. The summed E-state index contributed by atoms with van der Waals surface area (Å²) in [5.41, 5.74) is 19.0. The van der Waals surface area contributed by atoms with Crippen LogP contribution in [0.4, 0.5) is 11.4 Å². The van der Waals surface area contributed by atoms with E-state index in [0.29, 0.717) is 17.0 Å². The fourth-order valence-corrected chi connectivity index (χ4v) is 2.77.